The van der Waals surface area contributed by atoms with E-state index < -0.39 is 0 Å². The van der Waals surface area contributed by atoms with Crippen LogP contribution in [-0.4, -0.2) is 36.3 Å². The van der Waals surface area contributed by atoms with Crippen molar-refractivity contribution >= 4 is 11.8 Å². The number of aliphatic hydroxyl groups is 1. The van der Waals surface area contributed by atoms with Crippen molar-refractivity contribution in [1.82, 2.24) is 5.32 Å². The third-order valence-electron chi connectivity index (χ3n) is 2.51. The van der Waals surface area contributed by atoms with Gasteiger partial charge in [0.15, 0.2) is 0 Å². The highest BCUT2D eigenvalue weighted by atomic mass is 32.2. The van der Waals surface area contributed by atoms with Crippen LogP contribution in [0.25, 0.3) is 0 Å². The van der Waals surface area contributed by atoms with Crippen LogP contribution in [0.3, 0.4) is 0 Å². The van der Waals surface area contributed by atoms with E-state index in [0.29, 0.717) is 12.6 Å². The lowest BCUT2D eigenvalue weighted by molar-refractivity contribution is 0.234. The van der Waals surface area contributed by atoms with Crippen LogP contribution in [0.1, 0.15) is 25.7 Å². The Morgan fingerprint density at radius 3 is 2.85 bits per heavy atom. The fraction of sp³-hybridized carbons (Fsp3) is 1.00. The number of hydrogen-bond acceptors (Lipinski definition) is 3. The molecule has 1 unspecified atom stereocenters. The summed E-state index contributed by atoms with van der Waals surface area (Å²) in [4.78, 5) is 0. The Morgan fingerprint density at radius 1 is 1.54 bits per heavy atom. The van der Waals surface area contributed by atoms with Gasteiger partial charge >= 0.3 is 0 Å². The molecule has 0 aromatic rings. The van der Waals surface area contributed by atoms with Crippen molar-refractivity contribution in [2.24, 2.45) is 5.92 Å². The van der Waals surface area contributed by atoms with Crippen molar-refractivity contribution in [1.29, 1.82) is 0 Å². The molecule has 2 N–H and O–H groups in total. The van der Waals surface area contributed by atoms with Crippen LogP contribution in [0.4, 0.5) is 0 Å². The topological polar surface area (TPSA) is 32.3 Å². The first-order valence-corrected chi connectivity index (χ1v) is 6.59. The molecule has 0 bridgehead atoms. The van der Waals surface area contributed by atoms with Gasteiger partial charge in [-0.25, -0.2) is 0 Å². The fourth-order valence-corrected chi connectivity index (χ4v) is 1.84. The zero-order valence-corrected chi connectivity index (χ0v) is 9.28. The van der Waals surface area contributed by atoms with Crippen LogP contribution >= 0.6 is 11.8 Å². The average Bonchev–Trinajstić information content (AvgIpc) is 2.94. The van der Waals surface area contributed by atoms with Gasteiger partial charge in [-0.1, -0.05) is 0 Å². The number of aliphatic hydroxyl groups excluding tert-OH is 1. The number of nitrogens with one attached hydrogen (secondary N) is 1. The molecule has 0 aromatic carbocycles. The summed E-state index contributed by atoms with van der Waals surface area (Å²) in [6, 6.07) is 0.341. The molecule has 0 amide bonds. The van der Waals surface area contributed by atoms with Gasteiger partial charge in [-0.3, -0.25) is 0 Å². The van der Waals surface area contributed by atoms with Crippen molar-refractivity contribution in [3.8, 4) is 0 Å². The summed E-state index contributed by atoms with van der Waals surface area (Å²) in [7, 11) is 0. The molecule has 1 atom stereocenters. The molecule has 78 valence electrons. The molecule has 1 fully saturated rings. The molecule has 0 radical (unpaired) electrons. The van der Waals surface area contributed by atoms with Crippen LogP contribution in [0, 0.1) is 5.92 Å². The SMILES string of the molecule is CSCCCC(CO)NCC1CC1. The van der Waals surface area contributed by atoms with Gasteiger partial charge < -0.3 is 10.4 Å². The van der Waals surface area contributed by atoms with Crippen molar-refractivity contribution in [2.75, 3.05) is 25.2 Å². The first-order valence-electron chi connectivity index (χ1n) is 5.20. The Bertz CT molecular complexity index is 128. The Kier molecular flexibility index (Phi) is 5.83. The van der Waals surface area contributed by atoms with E-state index in [1.54, 1.807) is 0 Å². The molecule has 0 spiro atoms. The lowest BCUT2D eigenvalue weighted by Gasteiger charge is -2.15. The standard InChI is InChI=1S/C10H21NOS/c1-13-6-2-3-10(8-12)11-7-9-4-5-9/h9-12H,2-8H2,1H3. The van der Waals surface area contributed by atoms with Gasteiger partial charge in [0, 0.05) is 6.04 Å². The largest absolute Gasteiger partial charge is 0.395 e. The maximum Gasteiger partial charge on any atom is 0.0584 e. The van der Waals surface area contributed by atoms with Gasteiger partial charge in [0.05, 0.1) is 6.61 Å². The molecule has 1 aliphatic rings. The van der Waals surface area contributed by atoms with Gasteiger partial charge in [-0.05, 0) is 50.2 Å². The van der Waals surface area contributed by atoms with E-state index in [1.165, 1.54) is 25.0 Å². The van der Waals surface area contributed by atoms with Crippen molar-refractivity contribution < 1.29 is 5.11 Å². The summed E-state index contributed by atoms with van der Waals surface area (Å²) in [5, 5.41) is 12.5. The molecule has 2 nitrogen and oxygen atoms in total. The Balaban J connectivity index is 1.95. The summed E-state index contributed by atoms with van der Waals surface area (Å²) in [5.74, 6) is 2.12. The Morgan fingerprint density at radius 2 is 2.31 bits per heavy atom. The van der Waals surface area contributed by atoms with Crippen molar-refractivity contribution in [2.45, 2.75) is 31.7 Å². The van der Waals surface area contributed by atoms with E-state index in [1.807, 2.05) is 11.8 Å². The normalized spacial score (nSPS) is 18.9. The summed E-state index contributed by atoms with van der Waals surface area (Å²) >= 11 is 1.88. The molecular weight excluding hydrogens is 182 g/mol. The number of thioether (sulfide) groups is 1. The highest BCUT2D eigenvalue weighted by Gasteiger charge is 2.21. The first kappa shape index (κ1) is 11.3. The van der Waals surface area contributed by atoms with E-state index in [0.717, 1.165) is 18.9 Å². The number of hydrogen-bond donors (Lipinski definition) is 2. The van der Waals surface area contributed by atoms with Crippen LogP contribution in [0.5, 0.6) is 0 Å². The molecule has 1 saturated carbocycles. The maximum atomic E-state index is 9.09. The van der Waals surface area contributed by atoms with E-state index in [-0.39, 0.29) is 0 Å². The zero-order chi connectivity index (χ0) is 9.52. The molecule has 13 heavy (non-hydrogen) atoms. The van der Waals surface area contributed by atoms with Gasteiger partial charge in [-0.2, -0.15) is 11.8 Å². The summed E-state index contributed by atoms with van der Waals surface area (Å²) in [5.41, 5.74) is 0. The Labute approximate surface area is 85.5 Å². The summed E-state index contributed by atoms with van der Waals surface area (Å²) < 4.78 is 0. The highest BCUT2D eigenvalue weighted by molar-refractivity contribution is 7.98. The molecule has 3 heteroatoms. The molecule has 0 aromatic heterocycles. The molecule has 0 heterocycles. The van der Waals surface area contributed by atoms with Gasteiger partial charge in [-0.15, -0.1) is 0 Å². The van der Waals surface area contributed by atoms with E-state index in [9.17, 15) is 0 Å². The quantitative estimate of drug-likeness (QED) is 0.586. The molecule has 0 aliphatic heterocycles. The van der Waals surface area contributed by atoms with Crippen LogP contribution in [0.15, 0.2) is 0 Å². The average molecular weight is 203 g/mol. The third-order valence-corrected chi connectivity index (χ3v) is 3.21. The van der Waals surface area contributed by atoms with Crippen LogP contribution in [0.2, 0.25) is 0 Å². The van der Waals surface area contributed by atoms with E-state index in [4.69, 9.17) is 5.11 Å². The summed E-state index contributed by atoms with van der Waals surface area (Å²) in [6.45, 7) is 1.41. The highest BCUT2D eigenvalue weighted by Crippen LogP contribution is 2.27. The smallest absolute Gasteiger partial charge is 0.0584 e. The maximum absolute atomic E-state index is 9.09. The van der Waals surface area contributed by atoms with E-state index in [2.05, 4.69) is 11.6 Å². The van der Waals surface area contributed by atoms with Gasteiger partial charge in [0.25, 0.3) is 0 Å². The second kappa shape index (κ2) is 6.68. The monoisotopic (exact) mass is 203 g/mol. The van der Waals surface area contributed by atoms with Crippen LogP contribution < -0.4 is 5.32 Å². The minimum absolute atomic E-state index is 0.293. The fourth-order valence-electron chi connectivity index (χ4n) is 1.39. The lowest BCUT2D eigenvalue weighted by Crippen LogP contribution is -2.34. The van der Waals surface area contributed by atoms with Crippen molar-refractivity contribution in [3.63, 3.8) is 0 Å². The van der Waals surface area contributed by atoms with Gasteiger partial charge in [0.2, 0.25) is 0 Å². The Hall–Kier alpha value is 0.270. The second-order valence-corrected chi connectivity index (χ2v) is 4.85. The minimum Gasteiger partial charge on any atom is -0.395 e. The van der Waals surface area contributed by atoms with Crippen molar-refractivity contribution in [3.05, 3.63) is 0 Å². The minimum atomic E-state index is 0.293. The predicted molar refractivity (Wildman–Crippen MR) is 59.2 cm³/mol. The zero-order valence-electron chi connectivity index (χ0n) is 8.46. The predicted octanol–water partition coefficient (Wildman–Crippen LogP) is 1.49. The second-order valence-electron chi connectivity index (χ2n) is 3.87. The third kappa shape index (κ3) is 5.55. The van der Waals surface area contributed by atoms with Gasteiger partial charge in [0.1, 0.15) is 0 Å². The molecule has 1 aliphatic carbocycles. The number of rotatable bonds is 8. The molecule has 0 saturated heterocycles. The first-order chi connectivity index (χ1) is 6.36. The lowest BCUT2D eigenvalue weighted by atomic mass is 10.2. The molecule has 1 rings (SSSR count). The van der Waals surface area contributed by atoms with E-state index >= 15 is 0 Å². The summed E-state index contributed by atoms with van der Waals surface area (Å²) in [6.07, 6.45) is 7.23. The molecular formula is C10H21NOS. The van der Waals surface area contributed by atoms with Crippen LogP contribution in [-0.2, 0) is 0 Å².